The highest BCUT2D eigenvalue weighted by Gasteiger charge is 2.18. The average molecular weight is 394 g/mol. The van der Waals surface area contributed by atoms with E-state index in [0.29, 0.717) is 22.9 Å². The SMILES string of the molecule is CCOC(=O)Oc1ccc(C(=O)Nc2ccccc2NC(=O)/C=C/C2CC2)cc1. The third-order valence-corrected chi connectivity index (χ3v) is 4.15. The molecule has 0 aromatic heterocycles. The van der Waals surface area contributed by atoms with Gasteiger partial charge in [-0.2, -0.15) is 0 Å². The Hall–Kier alpha value is -3.61. The Morgan fingerprint density at radius 1 is 1.00 bits per heavy atom. The fourth-order valence-electron chi connectivity index (χ4n) is 2.50. The predicted octanol–water partition coefficient (Wildman–Crippen LogP) is 4.38. The molecule has 0 radical (unpaired) electrons. The predicted molar refractivity (Wildman–Crippen MR) is 109 cm³/mol. The van der Waals surface area contributed by atoms with Gasteiger partial charge in [-0.3, -0.25) is 9.59 Å². The number of benzene rings is 2. The monoisotopic (exact) mass is 394 g/mol. The second kappa shape index (κ2) is 9.54. The van der Waals surface area contributed by atoms with Gasteiger partial charge in [-0.05, 0) is 68.2 Å². The number of nitrogens with one attached hydrogen (secondary N) is 2. The van der Waals surface area contributed by atoms with Crippen molar-refractivity contribution in [3.05, 3.63) is 66.2 Å². The normalized spacial score (nSPS) is 13.0. The first-order valence-electron chi connectivity index (χ1n) is 9.39. The summed E-state index contributed by atoms with van der Waals surface area (Å²) in [6, 6.07) is 13.0. The summed E-state index contributed by atoms with van der Waals surface area (Å²) in [4.78, 5) is 35.9. The lowest BCUT2D eigenvalue weighted by molar-refractivity contribution is -0.111. The number of amides is 2. The number of anilines is 2. The zero-order valence-corrected chi connectivity index (χ0v) is 16.0. The maximum Gasteiger partial charge on any atom is 0.513 e. The molecule has 2 N–H and O–H groups in total. The van der Waals surface area contributed by atoms with Crippen molar-refractivity contribution in [1.29, 1.82) is 0 Å². The average Bonchev–Trinajstić information content (AvgIpc) is 3.53. The standard InChI is InChI=1S/C22H22N2O5/c1-2-28-22(27)29-17-12-10-16(11-13-17)21(26)24-19-6-4-3-5-18(19)23-20(25)14-9-15-7-8-15/h3-6,9-15H,2,7-8H2,1H3,(H,23,25)(H,24,26)/b14-9+. The molecule has 0 spiro atoms. The third-order valence-electron chi connectivity index (χ3n) is 4.15. The minimum Gasteiger partial charge on any atom is -0.434 e. The lowest BCUT2D eigenvalue weighted by Crippen LogP contribution is -2.15. The fraction of sp³-hybridized carbons (Fsp3) is 0.227. The zero-order valence-electron chi connectivity index (χ0n) is 16.0. The van der Waals surface area contributed by atoms with E-state index in [1.165, 1.54) is 30.3 Å². The molecule has 2 aromatic carbocycles. The van der Waals surface area contributed by atoms with Crippen LogP contribution < -0.4 is 15.4 Å². The Balaban J connectivity index is 1.62. The van der Waals surface area contributed by atoms with Crippen molar-refractivity contribution in [2.45, 2.75) is 19.8 Å². The molecule has 7 heteroatoms. The molecule has 1 fully saturated rings. The van der Waals surface area contributed by atoms with Gasteiger partial charge in [-0.15, -0.1) is 0 Å². The Morgan fingerprint density at radius 3 is 2.28 bits per heavy atom. The maximum atomic E-state index is 12.5. The fourth-order valence-corrected chi connectivity index (χ4v) is 2.50. The highest BCUT2D eigenvalue weighted by molar-refractivity contribution is 6.08. The largest absolute Gasteiger partial charge is 0.513 e. The molecule has 0 atom stereocenters. The summed E-state index contributed by atoms with van der Waals surface area (Å²) in [7, 11) is 0. The number of para-hydroxylation sites is 2. The summed E-state index contributed by atoms with van der Waals surface area (Å²) in [6.45, 7) is 1.89. The van der Waals surface area contributed by atoms with Crippen molar-refractivity contribution in [1.82, 2.24) is 0 Å². The van der Waals surface area contributed by atoms with Crippen LogP contribution in [0.3, 0.4) is 0 Å². The Morgan fingerprint density at radius 2 is 1.66 bits per heavy atom. The van der Waals surface area contributed by atoms with E-state index >= 15 is 0 Å². The number of allylic oxidation sites excluding steroid dienone is 1. The molecule has 3 rings (SSSR count). The molecule has 1 aliphatic rings. The van der Waals surface area contributed by atoms with Crippen LogP contribution in [-0.4, -0.2) is 24.6 Å². The van der Waals surface area contributed by atoms with Gasteiger partial charge >= 0.3 is 6.16 Å². The molecule has 2 amide bonds. The van der Waals surface area contributed by atoms with Gasteiger partial charge in [0.1, 0.15) is 5.75 Å². The number of carbonyl (C=O) groups excluding carboxylic acids is 3. The van der Waals surface area contributed by atoms with Crippen LogP contribution in [0.15, 0.2) is 60.7 Å². The Labute approximate surface area is 168 Å². The molecule has 2 aromatic rings. The van der Waals surface area contributed by atoms with Crippen LogP contribution in [0.2, 0.25) is 0 Å². The van der Waals surface area contributed by atoms with Gasteiger partial charge in [-0.25, -0.2) is 4.79 Å². The summed E-state index contributed by atoms with van der Waals surface area (Å²) in [5.74, 6) is 0.184. The van der Waals surface area contributed by atoms with Gasteiger partial charge < -0.3 is 20.1 Å². The van der Waals surface area contributed by atoms with Crippen molar-refractivity contribution in [2.24, 2.45) is 5.92 Å². The van der Waals surface area contributed by atoms with Crippen molar-refractivity contribution < 1.29 is 23.9 Å². The topological polar surface area (TPSA) is 93.7 Å². The highest BCUT2D eigenvalue weighted by Crippen LogP contribution is 2.30. The summed E-state index contributed by atoms with van der Waals surface area (Å²) in [6.07, 6.45) is 4.87. The van der Waals surface area contributed by atoms with Gasteiger partial charge in [-0.1, -0.05) is 18.2 Å². The molecule has 150 valence electrons. The van der Waals surface area contributed by atoms with Crippen molar-refractivity contribution in [2.75, 3.05) is 17.2 Å². The van der Waals surface area contributed by atoms with Crippen molar-refractivity contribution in [3.8, 4) is 5.75 Å². The van der Waals surface area contributed by atoms with Gasteiger partial charge in [0.05, 0.1) is 18.0 Å². The van der Waals surface area contributed by atoms with Crippen LogP contribution in [0.1, 0.15) is 30.1 Å². The third kappa shape index (κ3) is 6.21. The van der Waals surface area contributed by atoms with E-state index in [4.69, 9.17) is 9.47 Å². The van der Waals surface area contributed by atoms with Gasteiger partial charge in [0.25, 0.3) is 5.91 Å². The first kappa shape index (κ1) is 20.1. The molecule has 0 unspecified atom stereocenters. The van der Waals surface area contributed by atoms with E-state index in [-0.39, 0.29) is 24.2 Å². The van der Waals surface area contributed by atoms with E-state index in [0.717, 1.165) is 12.8 Å². The number of rotatable bonds is 7. The second-order valence-electron chi connectivity index (χ2n) is 6.49. The smallest absolute Gasteiger partial charge is 0.434 e. The van der Waals surface area contributed by atoms with Gasteiger partial charge in [0, 0.05) is 5.56 Å². The molecule has 0 aliphatic heterocycles. The first-order chi connectivity index (χ1) is 14.0. The Kier molecular flexibility index (Phi) is 6.63. The minimum atomic E-state index is -0.801. The molecule has 7 nitrogen and oxygen atoms in total. The van der Waals surface area contributed by atoms with Crippen molar-refractivity contribution >= 4 is 29.3 Å². The maximum absolute atomic E-state index is 12.5. The minimum absolute atomic E-state index is 0.214. The van der Waals surface area contributed by atoms with Crippen LogP contribution in [0, 0.1) is 5.92 Å². The number of carbonyl (C=O) groups is 3. The molecular formula is C22H22N2O5. The van der Waals surface area contributed by atoms with E-state index in [1.54, 1.807) is 31.2 Å². The van der Waals surface area contributed by atoms with Crippen molar-refractivity contribution in [3.63, 3.8) is 0 Å². The second-order valence-corrected chi connectivity index (χ2v) is 6.49. The van der Waals surface area contributed by atoms with E-state index in [2.05, 4.69) is 10.6 Å². The molecule has 0 saturated heterocycles. The lowest BCUT2D eigenvalue weighted by atomic mass is 10.2. The number of hydrogen-bond donors (Lipinski definition) is 2. The summed E-state index contributed by atoms with van der Waals surface area (Å²) in [5, 5.41) is 5.56. The Bertz CT molecular complexity index is 917. The zero-order chi connectivity index (χ0) is 20.6. The molecule has 0 heterocycles. The summed E-state index contributed by atoms with van der Waals surface area (Å²) >= 11 is 0. The van der Waals surface area contributed by atoms with Gasteiger partial charge in [0.15, 0.2) is 0 Å². The molecule has 29 heavy (non-hydrogen) atoms. The van der Waals surface area contributed by atoms with Crippen LogP contribution >= 0.6 is 0 Å². The molecule has 1 saturated carbocycles. The van der Waals surface area contributed by atoms with Gasteiger partial charge in [0.2, 0.25) is 5.91 Å². The molecule has 1 aliphatic carbocycles. The van der Waals surface area contributed by atoms with E-state index < -0.39 is 6.16 Å². The van der Waals surface area contributed by atoms with Crippen LogP contribution in [0.4, 0.5) is 16.2 Å². The van der Waals surface area contributed by atoms with Crippen LogP contribution in [0.25, 0.3) is 0 Å². The van der Waals surface area contributed by atoms with Crippen LogP contribution in [-0.2, 0) is 9.53 Å². The van der Waals surface area contributed by atoms with E-state index in [1.807, 2.05) is 6.08 Å². The molecule has 0 bridgehead atoms. The first-order valence-corrected chi connectivity index (χ1v) is 9.39. The number of ether oxygens (including phenoxy) is 2. The quantitative estimate of drug-likeness (QED) is 0.413. The highest BCUT2D eigenvalue weighted by atomic mass is 16.7. The summed E-state index contributed by atoms with van der Waals surface area (Å²) < 4.78 is 9.67. The lowest BCUT2D eigenvalue weighted by Gasteiger charge is -2.11. The molecular weight excluding hydrogens is 372 g/mol. The summed E-state index contributed by atoms with van der Waals surface area (Å²) in [5.41, 5.74) is 1.36. The van der Waals surface area contributed by atoms with Crippen LogP contribution in [0.5, 0.6) is 5.75 Å². The van der Waals surface area contributed by atoms with E-state index in [9.17, 15) is 14.4 Å². The number of hydrogen-bond acceptors (Lipinski definition) is 5.